The molecular formula is C16H16BrN3OS. The number of halogens is 1. The van der Waals surface area contributed by atoms with Crippen molar-refractivity contribution in [1.29, 1.82) is 0 Å². The van der Waals surface area contributed by atoms with Crippen LogP contribution in [0.25, 0.3) is 10.2 Å². The number of aromatic nitrogens is 2. The van der Waals surface area contributed by atoms with E-state index in [1.807, 2.05) is 55.9 Å². The maximum atomic E-state index is 12.5. The number of hydrogen-bond acceptors (Lipinski definition) is 3. The Balaban J connectivity index is 1.84. The number of aryl methyl sites for hydroxylation is 2. The third kappa shape index (κ3) is 2.68. The molecule has 22 heavy (non-hydrogen) atoms. The van der Waals surface area contributed by atoms with Crippen LogP contribution >= 0.6 is 27.3 Å². The van der Waals surface area contributed by atoms with Crippen LogP contribution in [0.3, 0.4) is 0 Å². The van der Waals surface area contributed by atoms with E-state index >= 15 is 0 Å². The molecule has 1 N–H and O–H groups in total. The lowest BCUT2D eigenvalue weighted by atomic mass is 10.1. The summed E-state index contributed by atoms with van der Waals surface area (Å²) in [6.45, 7) is 3.94. The summed E-state index contributed by atoms with van der Waals surface area (Å²) in [4.78, 5) is 14.2. The summed E-state index contributed by atoms with van der Waals surface area (Å²) in [6, 6.07) is 9.78. The Bertz CT molecular complexity index is 818. The van der Waals surface area contributed by atoms with E-state index in [9.17, 15) is 4.79 Å². The molecule has 0 aliphatic heterocycles. The van der Waals surface area contributed by atoms with Gasteiger partial charge in [-0.3, -0.25) is 9.48 Å². The molecule has 6 heteroatoms. The minimum atomic E-state index is -0.0625. The van der Waals surface area contributed by atoms with Crippen molar-refractivity contribution < 1.29 is 4.79 Å². The molecule has 2 heterocycles. The quantitative estimate of drug-likeness (QED) is 0.743. The summed E-state index contributed by atoms with van der Waals surface area (Å²) in [5.41, 5.74) is 2.02. The number of fused-ring (bicyclic) bond motifs is 1. The molecule has 4 nitrogen and oxygen atoms in total. The number of carbonyl (C=O) groups excluding carboxylic acids is 1. The van der Waals surface area contributed by atoms with Crippen molar-refractivity contribution in [2.24, 2.45) is 7.05 Å². The number of rotatable bonds is 3. The molecule has 1 atom stereocenters. The van der Waals surface area contributed by atoms with Gasteiger partial charge in [0, 0.05) is 16.9 Å². The lowest BCUT2D eigenvalue weighted by molar-refractivity contribution is 0.0944. The topological polar surface area (TPSA) is 46.9 Å². The zero-order valence-electron chi connectivity index (χ0n) is 12.6. The van der Waals surface area contributed by atoms with Gasteiger partial charge in [0.2, 0.25) is 0 Å². The van der Waals surface area contributed by atoms with Crippen LogP contribution in [0.5, 0.6) is 0 Å². The maximum Gasteiger partial charge on any atom is 0.261 e. The average Bonchev–Trinajstić information content (AvgIpc) is 3.02. The zero-order valence-corrected chi connectivity index (χ0v) is 15.0. The average molecular weight is 378 g/mol. The van der Waals surface area contributed by atoms with Crippen LogP contribution in [-0.4, -0.2) is 15.7 Å². The Labute approximate surface area is 141 Å². The molecule has 0 saturated carbocycles. The fourth-order valence-electron chi connectivity index (χ4n) is 2.49. The standard InChI is InChI=1S/C16H16BrN3OS/c1-9(11-6-4-5-7-13(11)17)18-15(21)14-8-12-10(2)19-20(3)16(12)22-14/h4-9H,1-3H3,(H,18,21). The van der Waals surface area contributed by atoms with Gasteiger partial charge in [0.25, 0.3) is 5.91 Å². The first kappa shape index (κ1) is 15.2. The molecule has 1 aromatic carbocycles. The van der Waals surface area contributed by atoms with Crippen molar-refractivity contribution in [2.75, 3.05) is 0 Å². The number of thiophene rings is 1. The molecule has 1 amide bonds. The number of hydrogen-bond donors (Lipinski definition) is 1. The van der Waals surface area contributed by atoms with Crippen molar-refractivity contribution >= 4 is 43.4 Å². The van der Waals surface area contributed by atoms with E-state index in [-0.39, 0.29) is 11.9 Å². The SMILES string of the molecule is Cc1nn(C)c2sc(C(=O)NC(C)c3ccccc3Br)cc12. The fraction of sp³-hybridized carbons (Fsp3) is 0.250. The molecule has 0 aliphatic carbocycles. The van der Waals surface area contributed by atoms with Gasteiger partial charge in [-0.2, -0.15) is 5.10 Å². The van der Waals surface area contributed by atoms with Gasteiger partial charge in [-0.15, -0.1) is 11.3 Å². The predicted molar refractivity (Wildman–Crippen MR) is 93.4 cm³/mol. The van der Waals surface area contributed by atoms with Crippen molar-refractivity contribution in [3.05, 3.63) is 50.9 Å². The Morgan fingerprint density at radius 3 is 2.82 bits per heavy atom. The second-order valence-corrected chi connectivity index (χ2v) is 7.14. The molecule has 0 bridgehead atoms. The Morgan fingerprint density at radius 1 is 1.41 bits per heavy atom. The second kappa shape index (κ2) is 5.85. The van der Waals surface area contributed by atoms with Crippen LogP contribution in [-0.2, 0) is 7.05 Å². The van der Waals surface area contributed by atoms with Crippen LogP contribution in [0, 0.1) is 6.92 Å². The Hall–Kier alpha value is -1.66. The van der Waals surface area contributed by atoms with Crippen LogP contribution in [0.4, 0.5) is 0 Å². The third-order valence-corrected chi connectivity index (χ3v) is 5.56. The number of carbonyl (C=O) groups is 1. The molecule has 0 fully saturated rings. The van der Waals surface area contributed by atoms with Gasteiger partial charge >= 0.3 is 0 Å². The first-order valence-corrected chi connectivity index (χ1v) is 8.56. The van der Waals surface area contributed by atoms with Gasteiger partial charge in [-0.1, -0.05) is 34.1 Å². The number of nitrogens with zero attached hydrogens (tertiary/aromatic N) is 2. The van der Waals surface area contributed by atoms with E-state index in [0.29, 0.717) is 4.88 Å². The van der Waals surface area contributed by atoms with Crippen molar-refractivity contribution in [3.63, 3.8) is 0 Å². The molecule has 1 unspecified atom stereocenters. The largest absolute Gasteiger partial charge is 0.345 e. The first-order valence-electron chi connectivity index (χ1n) is 6.96. The summed E-state index contributed by atoms with van der Waals surface area (Å²) in [5, 5.41) is 8.46. The van der Waals surface area contributed by atoms with E-state index in [2.05, 4.69) is 26.3 Å². The fourth-order valence-corrected chi connectivity index (χ4v) is 4.14. The molecule has 0 radical (unpaired) electrons. The van der Waals surface area contributed by atoms with Crippen LogP contribution in [0.15, 0.2) is 34.8 Å². The summed E-state index contributed by atoms with van der Waals surface area (Å²) >= 11 is 4.99. The highest BCUT2D eigenvalue weighted by atomic mass is 79.9. The molecule has 0 spiro atoms. The normalized spacial score (nSPS) is 12.5. The molecule has 0 saturated heterocycles. The predicted octanol–water partition coefficient (Wildman–Crippen LogP) is 4.20. The first-order chi connectivity index (χ1) is 10.5. The molecule has 114 valence electrons. The van der Waals surface area contributed by atoms with Crippen LogP contribution in [0.1, 0.15) is 33.9 Å². The van der Waals surface area contributed by atoms with E-state index in [0.717, 1.165) is 25.9 Å². The summed E-state index contributed by atoms with van der Waals surface area (Å²) in [6.07, 6.45) is 0. The highest BCUT2D eigenvalue weighted by molar-refractivity contribution is 9.10. The van der Waals surface area contributed by atoms with Crippen LogP contribution < -0.4 is 5.32 Å². The lowest BCUT2D eigenvalue weighted by Crippen LogP contribution is -2.26. The third-order valence-electron chi connectivity index (χ3n) is 3.64. The highest BCUT2D eigenvalue weighted by Crippen LogP contribution is 2.28. The maximum absolute atomic E-state index is 12.5. The van der Waals surface area contributed by atoms with Gasteiger partial charge in [0.15, 0.2) is 0 Å². The van der Waals surface area contributed by atoms with Crippen molar-refractivity contribution in [3.8, 4) is 0 Å². The van der Waals surface area contributed by atoms with E-state index in [1.165, 1.54) is 11.3 Å². The monoisotopic (exact) mass is 377 g/mol. The van der Waals surface area contributed by atoms with Crippen LogP contribution in [0.2, 0.25) is 0 Å². The van der Waals surface area contributed by atoms with Gasteiger partial charge < -0.3 is 5.32 Å². The van der Waals surface area contributed by atoms with E-state index in [1.54, 1.807) is 0 Å². The molecule has 3 aromatic rings. The lowest BCUT2D eigenvalue weighted by Gasteiger charge is -2.15. The molecule has 3 rings (SSSR count). The molecule has 2 aromatic heterocycles. The molecular weight excluding hydrogens is 362 g/mol. The van der Waals surface area contributed by atoms with Gasteiger partial charge in [0.1, 0.15) is 4.83 Å². The zero-order chi connectivity index (χ0) is 15.9. The second-order valence-electron chi connectivity index (χ2n) is 5.26. The minimum Gasteiger partial charge on any atom is -0.345 e. The molecule has 0 aliphatic rings. The Kier molecular flexibility index (Phi) is 4.06. The highest BCUT2D eigenvalue weighted by Gasteiger charge is 2.18. The van der Waals surface area contributed by atoms with E-state index in [4.69, 9.17) is 0 Å². The number of benzene rings is 1. The van der Waals surface area contributed by atoms with Gasteiger partial charge in [-0.05, 0) is 31.5 Å². The smallest absolute Gasteiger partial charge is 0.261 e. The summed E-state index contributed by atoms with van der Waals surface area (Å²) in [7, 11) is 1.90. The van der Waals surface area contributed by atoms with Crippen molar-refractivity contribution in [1.82, 2.24) is 15.1 Å². The van der Waals surface area contributed by atoms with Crippen molar-refractivity contribution in [2.45, 2.75) is 19.9 Å². The number of nitrogens with one attached hydrogen (secondary N) is 1. The Morgan fingerprint density at radius 2 is 2.14 bits per heavy atom. The van der Waals surface area contributed by atoms with E-state index < -0.39 is 0 Å². The summed E-state index contributed by atoms with van der Waals surface area (Å²) in [5.74, 6) is -0.0520. The number of amides is 1. The van der Waals surface area contributed by atoms with Gasteiger partial charge in [-0.25, -0.2) is 0 Å². The summed E-state index contributed by atoms with van der Waals surface area (Å²) < 4.78 is 2.82. The minimum absolute atomic E-state index is 0.0520. The van der Waals surface area contributed by atoms with Gasteiger partial charge in [0.05, 0.1) is 16.6 Å².